The first-order chi connectivity index (χ1) is 16.0. The zero-order valence-electron chi connectivity index (χ0n) is 19.0. The largest absolute Gasteiger partial charge is 0.575 e. The summed E-state index contributed by atoms with van der Waals surface area (Å²) >= 11 is 0. The molecule has 5 aliphatic rings. The Morgan fingerprint density at radius 1 is 1.18 bits per heavy atom. The maximum absolute atomic E-state index is 13.0. The van der Waals surface area contributed by atoms with Gasteiger partial charge in [-0.1, -0.05) is 32.6 Å². The number of unbranched alkanes of at least 4 members (excludes halogenated alkanes) is 4. The number of piperidine rings is 1. The molecule has 0 bridgehead atoms. The highest BCUT2D eigenvalue weighted by molar-refractivity contribution is 7.56. The Bertz CT molecular complexity index is 809. The normalized spacial score (nSPS) is 43.7. The van der Waals surface area contributed by atoms with Gasteiger partial charge >= 0.3 is 8.17 Å². The Hall–Kier alpha value is -1.13. The van der Waals surface area contributed by atoms with E-state index in [1.165, 1.54) is 20.0 Å². The van der Waals surface area contributed by atoms with E-state index in [4.69, 9.17) is 27.6 Å². The number of carbonyl (C=O) groups is 2. The number of Topliss-reactive ketones (excluding diaryl/α,β-unsaturated/α-hetero) is 1. The van der Waals surface area contributed by atoms with Crippen molar-refractivity contribution in [3.05, 3.63) is 11.8 Å². The average molecular weight is 486 g/mol. The quantitative estimate of drug-likeness (QED) is 0.301. The van der Waals surface area contributed by atoms with Crippen molar-refractivity contribution in [1.82, 2.24) is 5.32 Å². The molecule has 3 aliphatic heterocycles. The van der Waals surface area contributed by atoms with E-state index in [2.05, 4.69) is 12.2 Å². The van der Waals surface area contributed by atoms with E-state index in [0.717, 1.165) is 19.3 Å². The molecule has 184 valence electrons. The molecule has 0 radical (unpaired) electrons. The van der Waals surface area contributed by atoms with Gasteiger partial charge in [0.15, 0.2) is 30.9 Å². The van der Waals surface area contributed by atoms with Gasteiger partial charge < -0.3 is 19.9 Å². The summed E-state index contributed by atoms with van der Waals surface area (Å²) in [7, 11) is -1.64. The van der Waals surface area contributed by atoms with Gasteiger partial charge in [-0.05, 0) is 24.8 Å². The molecule has 3 heterocycles. The number of fused-ring (bicyclic) bond motifs is 6. The van der Waals surface area contributed by atoms with E-state index < -0.39 is 50.5 Å². The summed E-state index contributed by atoms with van der Waals surface area (Å²) in [6, 6.07) is -0.444. The molecule has 3 saturated heterocycles. The molecule has 33 heavy (non-hydrogen) atoms. The zero-order chi connectivity index (χ0) is 23.2. The van der Waals surface area contributed by atoms with Crippen molar-refractivity contribution in [2.45, 2.75) is 75.9 Å². The molecule has 2 aliphatic carbocycles. The fraction of sp³-hybridized carbons (Fsp3) is 0.818. The Labute approximate surface area is 193 Å². The maximum atomic E-state index is 13.0. The van der Waals surface area contributed by atoms with Crippen molar-refractivity contribution in [1.29, 1.82) is 0 Å². The van der Waals surface area contributed by atoms with Crippen LogP contribution >= 0.6 is 8.17 Å². The molecule has 9 atom stereocenters. The van der Waals surface area contributed by atoms with E-state index in [0.29, 0.717) is 18.8 Å². The van der Waals surface area contributed by atoms with Gasteiger partial charge in [0.25, 0.3) is 0 Å². The summed E-state index contributed by atoms with van der Waals surface area (Å²) in [5, 5.41) is 13.9. The second-order valence-electron chi connectivity index (χ2n) is 9.35. The van der Waals surface area contributed by atoms with Crippen molar-refractivity contribution in [2.24, 2.45) is 17.8 Å². The number of amides is 1. The minimum absolute atomic E-state index is 0.00169. The van der Waals surface area contributed by atoms with Crippen molar-refractivity contribution in [2.75, 3.05) is 20.5 Å². The van der Waals surface area contributed by atoms with Gasteiger partial charge in [-0.3, -0.25) is 9.59 Å². The first-order valence-electron chi connectivity index (χ1n) is 11.9. The first-order valence-corrected chi connectivity index (χ1v) is 13.4. The fourth-order valence-corrected chi connectivity index (χ4v) is 7.64. The van der Waals surface area contributed by atoms with Crippen molar-refractivity contribution in [3.63, 3.8) is 0 Å². The molecular formula is C22H33NO9P+. The number of nitrogens with one attached hydrogen (secondary N) is 1. The van der Waals surface area contributed by atoms with Gasteiger partial charge in [0.05, 0.1) is 19.3 Å². The average Bonchev–Trinajstić information content (AvgIpc) is 3.43. The van der Waals surface area contributed by atoms with Crippen molar-refractivity contribution < 1.29 is 42.3 Å². The number of ether oxygens (including phenoxy) is 2. The Kier molecular flexibility index (Phi) is 6.79. The second kappa shape index (κ2) is 9.49. The number of allylic oxidation sites excluding steroid dienone is 1. The highest BCUT2D eigenvalue weighted by atomic mass is 31.2. The summed E-state index contributed by atoms with van der Waals surface area (Å²) in [6.45, 7) is 2.60. The van der Waals surface area contributed by atoms with Crippen LogP contribution in [-0.2, 0) is 37.2 Å². The van der Waals surface area contributed by atoms with Crippen LogP contribution in [0.25, 0.3) is 0 Å². The molecule has 10 nitrogen and oxygen atoms in total. The number of ketones is 1. The van der Waals surface area contributed by atoms with Crippen molar-refractivity contribution >= 4 is 19.9 Å². The van der Waals surface area contributed by atoms with Crippen LogP contribution in [0.1, 0.15) is 45.4 Å². The van der Waals surface area contributed by atoms with Gasteiger partial charge in [-0.15, -0.1) is 9.05 Å². The number of rotatable bonds is 8. The smallest absolute Gasteiger partial charge is 0.469 e. The predicted molar refractivity (Wildman–Crippen MR) is 115 cm³/mol. The molecular weight excluding hydrogens is 453 g/mol. The first kappa shape index (κ1) is 23.6. The number of aliphatic hydroxyl groups excluding tert-OH is 1. The summed E-state index contributed by atoms with van der Waals surface area (Å²) in [5.41, 5.74) is 0. The van der Waals surface area contributed by atoms with Gasteiger partial charge in [-0.25, -0.2) is 0 Å². The molecule has 0 aromatic rings. The van der Waals surface area contributed by atoms with Gasteiger partial charge in [0.2, 0.25) is 5.91 Å². The summed E-state index contributed by atoms with van der Waals surface area (Å²) in [6.07, 6.45) is 4.61. The van der Waals surface area contributed by atoms with E-state index in [1.807, 2.05) is 6.08 Å². The molecule has 9 unspecified atom stereocenters. The molecule has 1 amide bonds. The Balaban J connectivity index is 1.32. The topological polar surface area (TPSA) is 122 Å². The third-order valence-electron chi connectivity index (χ3n) is 7.37. The summed E-state index contributed by atoms with van der Waals surface area (Å²) < 4.78 is 34.7. The number of hydrogen-bond donors (Lipinski definition) is 2. The standard InChI is InChI=1S/C22H32NO9P/c1-3-4-5-6-7-8-30-33(27-2)31-19-14(24)9-13-12-10-15-20(29-11-28-15)18(25)16(12)22(26)23-17(13)21(19)32-33/h10,12-14,16-17,19-21,24H,3-9,11H2,1-2H3/p+1. The molecule has 11 heteroatoms. The molecule has 5 rings (SSSR count). The molecule has 1 saturated carbocycles. The maximum Gasteiger partial charge on any atom is 0.575 e. The van der Waals surface area contributed by atoms with Gasteiger partial charge in [0.1, 0.15) is 18.3 Å². The van der Waals surface area contributed by atoms with Crippen molar-refractivity contribution in [3.8, 4) is 0 Å². The predicted octanol–water partition coefficient (Wildman–Crippen LogP) is 2.03. The van der Waals surface area contributed by atoms with Gasteiger partial charge in [0, 0.05) is 5.92 Å². The molecule has 0 aromatic heterocycles. The lowest BCUT2D eigenvalue weighted by molar-refractivity contribution is -0.151. The van der Waals surface area contributed by atoms with Crippen LogP contribution in [0.3, 0.4) is 0 Å². The highest BCUT2D eigenvalue weighted by Crippen LogP contribution is 2.70. The third-order valence-corrected chi connectivity index (χ3v) is 9.31. The van der Waals surface area contributed by atoms with E-state index >= 15 is 0 Å². The van der Waals surface area contributed by atoms with Crippen LogP contribution in [0.2, 0.25) is 0 Å². The van der Waals surface area contributed by atoms with Crippen LogP contribution in [0, 0.1) is 17.8 Å². The molecule has 2 N–H and O–H groups in total. The number of hydrogen-bond acceptors (Lipinski definition) is 9. The molecule has 0 aromatic carbocycles. The lowest BCUT2D eigenvalue weighted by Gasteiger charge is -2.48. The third kappa shape index (κ3) is 4.14. The van der Waals surface area contributed by atoms with Crippen LogP contribution < -0.4 is 5.32 Å². The minimum Gasteiger partial charge on any atom is -0.469 e. The summed E-state index contributed by atoms with van der Waals surface area (Å²) in [4.78, 5) is 25.9. The molecule has 0 spiro atoms. The molecule has 4 fully saturated rings. The number of aliphatic hydroxyl groups is 1. The van der Waals surface area contributed by atoms with Crippen LogP contribution in [0.5, 0.6) is 0 Å². The summed E-state index contributed by atoms with van der Waals surface area (Å²) in [5.74, 6) is -1.69. The lowest BCUT2D eigenvalue weighted by Crippen LogP contribution is -2.67. The van der Waals surface area contributed by atoms with Crippen LogP contribution in [-0.4, -0.2) is 67.8 Å². The van der Waals surface area contributed by atoms with Gasteiger partial charge in [-0.2, -0.15) is 9.05 Å². The Morgan fingerprint density at radius 2 is 1.97 bits per heavy atom. The number of carbonyl (C=O) groups excluding carboxylic acids is 2. The van der Waals surface area contributed by atoms with Crippen LogP contribution in [0.15, 0.2) is 11.8 Å². The minimum atomic E-state index is -3.11. The second-order valence-corrected chi connectivity index (χ2v) is 11.3. The van der Waals surface area contributed by atoms with Crippen LogP contribution in [0.4, 0.5) is 0 Å². The Morgan fingerprint density at radius 3 is 2.76 bits per heavy atom. The SMILES string of the molecule is CCCCCCCO[P+]1(OC)OC2C(O)CC3C4C=C5OCOC5C(=O)C4C(=O)NC3C2O1. The van der Waals surface area contributed by atoms with E-state index in [1.54, 1.807) is 0 Å². The zero-order valence-corrected chi connectivity index (χ0v) is 19.9. The monoisotopic (exact) mass is 486 g/mol. The highest BCUT2D eigenvalue weighted by Gasteiger charge is 2.70. The lowest BCUT2D eigenvalue weighted by atomic mass is 9.63. The van der Waals surface area contributed by atoms with E-state index in [-0.39, 0.29) is 24.4 Å². The van der Waals surface area contributed by atoms with E-state index in [9.17, 15) is 14.7 Å². The fourth-order valence-electron chi connectivity index (χ4n) is 5.73.